The van der Waals surface area contributed by atoms with Crippen LogP contribution in [-0.4, -0.2) is 8.42 Å². The zero-order valence-corrected chi connectivity index (χ0v) is 10.7. The van der Waals surface area contributed by atoms with Gasteiger partial charge in [-0.2, -0.15) is 5.26 Å². The molecule has 0 spiro atoms. The SMILES string of the molecule is N#Cc1ccc(Nc2ccc(S(N)(=O)=O)cc2)cc1. The highest BCUT2D eigenvalue weighted by Crippen LogP contribution is 2.18. The van der Waals surface area contributed by atoms with Crippen LogP contribution in [0, 0.1) is 11.3 Å². The quantitative estimate of drug-likeness (QED) is 0.893. The van der Waals surface area contributed by atoms with Crippen LogP contribution in [0.5, 0.6) is 0 Å². The molecule has 0 bridgehead atoms. The van der Waals surface area contributed by atoms with Gasteiger partial charge < -0.3 is 5.32 Å². The molecule has 0 unspecified atom stereocenters. The first-order valence-corrected chi connectivity index (χ1v) is 6.94. The minimum absolute atomic E-state index is 0.0675. The lowest BCUT2D eigenvalue weighted by Crippen LogP contribution is -2.11. The molecule has 5 nitrogen and oxygen atoms in total. The summed E-state index contributed by atoms with van der Waals surface area (Å²) in [5, 5.41) is 16.8. The van der Waals surface area contributed by atoms with Gasteiger partial charge in [-0.1, -0.05) is 0 Å². The second-order valence-electron chi connectivity index (χ2n) is 3.88. The predicted octanol–water partition coefficient (Wildman–Crippen LogP) is 1.95. The zero-order chi connectivity index (χ0) is 13.9. The Labute approximate surface area is 111 Å². The van der Waals surface area contributed by atoms with E-state index in [0.29, 0.717) is 5.56 Å². The van der Waals surface area contributed by atoms with Crippen molar-refractivity contribution in [1.29, 1.82) is 5.26 Å². The molecule has 0 fully saturated rings. The minimum atomic E-state index is -3.67. The van der Waals surface area contributed by atoms with E-state index in [1.54, 1.807) is 36.4 Å². The molecule has 0 heterocycles. The molecule has 0 aliphatic carbocycles. The second kappa shape index (κ2) is 5.10. The zero-order valence-electron chi connectivity index (χ0n) is 9.87. The summed E-state index contributed by atoms with van der Waals surface area (Å²) < 4.78 is 22.2. The van der Waals surface area contributed by atoms with Crippen LogP contribution in [0.3, 0.4) is 0 Å². The molecule has 0 aromatic heterocycles. The lowest BCUT2D eigenvalue weighted by Gasteiger charge is -2.07. The Kier molecular flexibility index (Phi) is 3.51. The summed E-state index contributed by atoms with van der Waals surface area (Å²) in [6.45, 7) is 0. The number of benzene rings is 2. The summed E-state index contributed by atoms with van der Waals surface area (Å²) in [5.41, 5.74) is 2.12. The van der Waals surface area contributed by atoms with Crippen LogP contribution in [0.2, 0.25) is 0 Å². The first-order valence-electron chi connectivity index (χ1n) is 5.39. The molecule has 0 amide bonds. The molecule has 0 saturated carbocycles. The van der Waals surface area contributed by atoms with E-state index in [0.717, 1.165) is 11.4 Å². The Bertz CT molecular complexity index is 714. The summed E-state index contributed by atoms with van der Waals surface area (Å²) in [7, 11) is -3.67. The summed E-state index contributed by atoms with van der Waals surface area (Å²) in [4.78, 5) is 0.0675. The number of nitrogens with zero attached hydrogens (tertiary/aromatic N) is 1. The number of hydrogen-bond acceptors (Lipinski definition) is 4. The van der Waals surface area contributed by atoms with Crippen molar-refractivity contribution >= 4 is 21.4 Å². The van der Waals surface area contributed by atoms with E-state index in [-0.39, 0.29) is 4.90 Å². The number of anilines is 2. The molecular weight excluding hydrogens is 262 g/mol. The van der Waals surface area contributed by atoms with Crippen molar-refractivity contribution in [3.8, 4) is 6.07 Å². The third-order valence-corrected chi connectivity index (χ3v) is 3.41. The summed E-state index contributed by atoms with van der Waals surface area (Å²) in [6, 6.07) is 15.1. The van der Waals surface area contributed by atoms with E-state index in [1.807, 2.05) is 6.07 Å². The first kappa shape index (κ1) is 13.1. The van der Waals surface area contributed by atoms with Crippen molar-refractivity contribution in [2.45, 2.75) is 4.90 Å². The van der Waals surface area contributed by atoms with E-state index < -0.39 is 10.0 Å². The lowest BCUT2D eigenvalue weighted by molar-refractivity contribution is 0.598. The molecule has 3 N–H and O–H groups in total. The molecule has 0 atom stereocenters. The van der Waals surface area contributed by atoms with Gasteiger partial charge in [-0.05, 0) is 48.5 Å². The summed E-state index contributed by atoms with van der Waals surface area (Å²) in [6.07, 6.45) is 0. The fourth-order valence-corrected chi connectivity index (χ4v) is 2.04. The highest BCUT2D eigenvalue weighted by Gasteiger charge is 2.06. The van der Waals surface area contributed by atoms with Gasteiger partial charge in [0.1, 0.15) is 0 Å². The van der Waals surface area contributed by atoms with Crippen LogP contribution in [-0.2, 0) is 10.0 Å². The van der Waals surface area contributed by atoms with E-state index >= 15 is 0 Å². The van der Waals surface area contributed by atoms with E-state index in [1.165, 1.54) is 12.1 Å². The molecule has 0 saturated heterocycles. The van der Waals surface area contributed by atoms with Gasteiger partial charge in [-0.3, -0.25) is 0 Å². The number of primary sulfonamides is 1. The molecule has 96 valence electrons. The Balaban J connectivity index is 2.17. The topological polar surface area (TPSA) is 96.0 Å². The van der Waals surface area contributed by atoms with E-state index in [2.05, 4.69) is 5.32 Å². The number of nitriles is 1. The van der Waals surface area contributed by atoms with Gasteiger partial charge in [0.25, 0.3) is 0 Å². The normalized spacial score (nSPS) is 10.7. The van der Waals surface area contributed by atoms with E-state index in [4.69, 9.17) is 10.4 Å². The van der Waals surface area contributed by atoms with Gasteiger partial charge in [-0.15, -0.1) is 0 Å². The maximum atomic E-state index is 11.1. The fourth-order valence-electron chi connectivity index (χ4n) is 1.52. The molecule has 0 aliphatic rings. The Hall–Kier alpha value is -2.36. The lowest BCUT2D eigenvalue weighted by atomic mass is 10.2. The molecule has 2 rings (SSSR count). The number of hydrogen-bond donors (Lipinski definition) is 2. The van der Waals surface area contributed by atoms with Crippen molar-refractivity contribution in [1.82, 2.24) is 0 Å². The van der Waals surface area contributed by atoms with Gasteiger partial charge in [-0.25, -0.2) is 13.6 Å². The number of sulfonamides is 1. The van der Waals surface area contributed by atoms with Crippen molar-refractivity contribution in [3.05, 3.63) is 54.1 Å². The van der Waals surface area contributed by atoms with Crippen LogP contribution in [0.4, 0.5) is 11.4 Å². The molecule has 0 radical (unpaired) electrons. The van der Waals surface area contributed by atoms with Crippen LogP contribution in [0.25, 0.3) is 0 Å². The summed E-state index contributed by atoms with van der Waals surface area (Å²) in [5.74, 6) is 0. The summed E-state index contributed by atoms with van der Waals surface area (Å²) >= 11 is 0. The van der Waals surface area contributed by atoms with Gasteiger partial charge in [0.2, 0.25) is 10.0 Å². The monoisotopic (exact) mass is 273 g/mol. The Morgan fingerprint density at radius 2 is 1.42 bits per heavy atom. The third-order valence-electron chi connectivity index (χ3n) is 2.49. The largest absolute Gasteiger partial charge is 0.356 e. The molecule has 0 aliphatic heterocycles. The highest BCUT2D eigenvalue weighted by atomic mass is 32.2. The average Bonchev–Trinajstić information content (AvgIpc) is 2.39. The standard InChI is InChI=1S/C13H11N3O2S/c14-9-10-1-3-11(4-2-10)16-12-5-7-13(8-6-12)19(15,17)18/h1-8,16H,(H2,15,17,18). The molecule has 2 aromatic carbocycles. The maximum absolute atomic E-state index is 11.1. The van der Waals surface area contributed by atoms with Crippen LogP contribution >= 0.6 is 0 Å². The number of rotatable bonds is 3. The number of nitrogens with two attached hydrogens (primary N) is 1. The van der Waals surface area contributed by atoms with Gasteiger partial charge in [0.15, 0.2) is 0 Å². The van der Waals surface area contributed by atoms with Crippen molar-refractivity contribution < 1.29 is 8.42 Å². The van der Waals surface area contributed by atoms with Crippen LogP contribution < -0.4 is 10.5 Å². The predicted molar refractivity (Wildman–Crippen MR) is 72.3 cm³/mol. The molecule has 2 aromatic rings. The third kappa shape index (κ3) is 3.31. The van der Waals surface area contributed by atoms with Crippen LogP contribution in [0.1, 0.15) is 5.56 Å². The fraction of sp³-hybridized carbons (Fsp3) is 0. The van der Waals surface area contributed by atoms with Crippen LogP contribution in [0.15, 0.2) is 53.4 Å². The molecule has 19 heavy (non-hydrogen) atoms. The van der Waals surface area contributed by atoms with Gasteiger partial charge in [0.05, 0.1) is 16.5 Å². The molecular formula is C13H11N3O2S. The van der Waals surface area contributed by atoms with Crippen molar-refractivity contribution in [2.24, 2.45) is 5.14 Å². The van der Waals surface area contributed by atoms with Crippen molar-refractivity contribution in [2.75, 3.05) is 5.32 Å². The second-order valence-corrected chi connectivity index (χ2v) is 5.44. The Morgan fingerprint density at radius 3 is 1.84 bits per heavy atom. The maximum Gasteiger partial charge on any atom is 0.238 e. The highest BCUT2D eigenvalue weighted by molar-refractivity contribution is 7.89. The van der Waals surface area contributed by atoms with Gasteiger partial charge in [0, 0.05) is 11.4 Å². The van der Waals surface area contributed by atoms with Gasteiger partial charge >= 0.3 is 0 Å². The molecule has 6 heteroatoms. The Morgan fingerprint density at radius 1 is 0.947 bits per heavy atom. The van der Waals surface area contributed by atoms with E-state index in [9.17, 15) is 8.42 Å². The number of nitrogens with one attached hydrogen (secondary N) is 1. The average molecular weight is 273 g/mol. The van der Waals surface area contributed by atoms with Crippen molar-refractivity contribution in [3.63, 3.8) is 0 Å². The smallest absolute Gasteiger partial charge is 0.238 e. The first-order chi connectivity index (χ1) is 8.99. The minimum Gasteiger partial charge on any atom is -0.356 e.